The number of hydrogen-bond donors (Lipinski definition) is 2. The van der Waals surface area contributed by atoms with E-state index in [0.717, 1.165) is 50.4 Å². The molecule has 1 aromatic rings. The van der Waals surface area contributed by atoms with Gasteiger partial charge in [0.1, 0.15) is 6.04 Å². The van der Waals surface area contributed by atoms with Gasteiger partial charge >= 0.3 is 5.97 Å². The Morgan fingerprint density at radius 3 is 2.58 bits per heavy atom. The third kappa shape index (κ3) is 4.71. The van der Waals surface area contributed by atoms with Crippen LogP contribution in [-0.2, 0) is 20.9 Å². The zero-order valence-corrected chi connectivity index (χ0v) is 17.5. The van der Waals surface area contributed by atoms with E-state index in [1.807, 2.05) is 18.2 Å². The number of carboxylic acids is 1. The summed E-state index contributed by atoms with van der Waals surface area (Å²) in [6.45, 7) is 4.90. The molecule has 0 saturated carbocycles. The van der Waals surface area contributed by atoms with Crippen LogP contribution in [0.5, 0.6) is 0 Å². The molecule has 0 aliphatic carbocycles. The van der Waals surface area contributed by atoms with Crippen LogP contribution in [0.4, 0.5) is 5.69 Å². The number of carboxylic acid groups (broad SMARTS) is 1. The number of imide groups is 1. The maximum atomic E-state index is 12.8. The molecule has 0 bridgehead atoms. The molecule has 9 heteroatoms. The first-order valence-electron chi connectivity index (χ1n) is 10.9. The third-order valence-electron chi connectivity index (χ3n) is 6.36. The van der Waals surface area contributed by atoms with Gasteiger partial charge in [0, 0.05) is 56.8 Å². The zero-order valence-electron chi connectivity index (χ0n) is 17.5. The van der Waals surface area contributed by atoms with Gasteiger partial charge in [-0.2, -0.15) is 0 Å². The Morgan fingerprint density at radius 1 is 1.10 bits per heavy atom. The molecule has 166 valence electrons. The second-order valence-corrected chi connectivity index (χ2v) is 8.42. The molecular formula is C22H28N4O5. The molecule has 1 atom stereocenters. The molecule has 0 spiro atoms. The minimum absolute atomic E-state index is 0.151. The number of rotatable bonds is 7. The number of piperidine rings is 1. The molecule has 0 radical (unpaired) electrons. The molecular weight excluding hydrogens is 400 g/mol. The highest BCUT2D eigenvalue weighted by Crippen LogP contribution is 2.30. The number of carbonyl (C=O) groups is 4. The van der Waals surface area contributed by atoms with Gasteiger partial charge < -0.3 is 14.9 Å². The molecule has 0 aromatic heterocycles. The monoisotopic (exact) mass is 428 g/mol. The Bertz CT molecular complexity index is 894. The molecule has 31 heavy (non-hydrogen) atoms. The average Bonchev–Trinajstić information content (AvgIpc) is 3.07. The molecule has 1 aromatic carbocycles. The van der Waals surface area contributed by atoms with Crippen molar-refractivity contribution >= 4 is 29.4 Å². The summed E-state index contributed by atoms with van der Waals surface area (Å²) in [5.41, 5.74) is 2.62. The van der Waals surface area contributed by atoms with Gasteiger partial charge in [0.05, 0.1) is 0 Å². The fourth-order valence-corrected chi connectivity index (χ4v) is 4.60. The highest BCUT2D eigenvalue weighted by atomic mass is 16.4. The molecule has 3 aliphatic heterocycles. The number of anilines is 1. The zero-order chi connectivity index (χ0) is 22.0. The van der Waals surface area contributed by atoms with E-state index < -0.39 is 17.9 Å². The van der Waals surface area contributed by atoms with Gasteiger partial charge in [-0.05, 0) is 49.6 Å². The summed E-state index contributed by atoms with van der Waals surface area (Å²) in [5.74, 6) is -1.57. The Hall–Kier alpha value is -2.94. The number of fused-ring (bicyclic) bond motifs is 1. The molecule has 2 fully saturated rings. The lowest BCUT2D eigenvalue weighted by molar-refractivity contribution is -0.138. The van der Waals surface area contributed by atoms with Crippen molar-refractivity contribution in [2.45, 2.75) is 44.7 Å². The molecule has 2 N–H and O–H groups in total. The first-order valence-corrected chi connectivity index (χ1v) is 10.9. The van der Waals surface area contributed by atoms with E-state index in [1.165, 1.54) is 0 Å². The number of nitrogens with one attached hydrogen (secondary N) is 1. The topological polar surface area (TPSA) is 110 Å². The average molecular weight is 428 g/mol. The normalized spacial score (nSPS) is 21.9. The summed E-state index contributed by atoms with van der Waals surface area (Å²) in [6.07, 6.45) is 2.44. The van der Waals surface area contributed by atoms with Crippen molar-refractivity contribution in [1.29, 1.82) is 0 Å². The van der Waals surface area contributed by atoms with Gasteiger partial charge in [-0.25, -0.2) is 0 Å². The number of amides is 3. The van der Waals surface area contributed by atoms with Crippen LogP contribution in [0.1, 0.15) is 48.0 Å². The molecule has 3 heterocycles. The van der Waals surface area contributed by atoms with Gasteiger partial charge in [-0.1, -0.05) is 0 Å². The molecule has 3 amide bonds. The summed E-state index contributed by atoms with van der Waals surface area (Å²) in [4.78, 5) is 53.3. The fourth-order valence-electron chi connectivity index (χ4n) is 4.60. The van der Waals surface area contributed by atoms with Crippen LogP contribution in [0.15, 0.2) is 18.2 Å². The van der Waals surface area contributed by atoms with Crippen molar-refractivity contribution in [3.05, 3.63) is 29.3 Å². The summed E-state index contributed by atoms with van der Waals surface area (Å²) >= 11 is 0. The highest BCUT2D eigenvalue weighted by Gasteiger charge is 2.39. The second kappa shape index (κ2) is 9.05. The van der Waals surface area contributed by atoms with Crippen LogP contribution >= 0.6 is 0 Å². The maximum absolute atomic E-state index is 12.8. The Labute approximate surface area is 181 Å². The minimum Gasteiger partial charge on any atom is -0.481 e. The van der Waals surface area contributed by atoms with Crippen LogP contribution in [0.25, 0.3) is 0 Å². The maximum Gasteiger partial charge on any atom is 0.303 e. The lowest BCUT2D eigenvalue weighted by Gasteiger charge is -2.36. The SMILES string of the molecule is O=C(O)CCCCN1CCN(c2ccc3c(c2)CN([C@H]2CCC(=O)NC2=O)C3=O)CC1. The van der Waals surface area contributed by atoms with Gasteiger partial charge in [-0.3, -0.25) is 29.4 Å². The minimum atomic E-state index is -0.740. The van der Waals surface area contributed by atoms with Crippen LogP contribution in [-0.4, -0.2) is 77.4 Å². The first-order chi connectivity index (χ1) is 14.9. The highest BCUT2D eigenvalue weighted by molar-refractivity contribution is 6.05. The third-order valence-corrected chi connectivity index (χ3v) is 6.36. The first kappa shape index (κ1) is 21.3. The molecule has 3 aliphatic rings. The molecule has 4 rings (SSSR count). The largest absolute Gasteiger partial charge is 0.481 e. The van der Waals surface area contributed by atoms with Crippen molar-refractivity contribution < 1.29 is 24.3 Å². The van der Waals surface area contributed by atoms with E-state index in [1.54, 1.807) is 4.90 Å². The van der Waals surface area contributed by atoms with E-state index in [2.05, 4.69) is 15.1 Å². The predicted octanol–water partition coefficient (Wildman–Crippen LogP) is 0.825. The van der Waals surface area contributed by atoms with E-state index in [-0.39, 0.29) is 24.7 Å². The van der Waals surface area contributed by atoms with Crippen molar-refractivity contribution in [3.8, 4) is 0 Å². The number of piperazine rings is 1. The predicted molar refractivity (Wildman–Crippen MR) is 113 cm³/mol. The second-order valence-electron chi connectivity index (χ2n) is 8.42. The van der Waals surface area contributed by atoms with Crippen LogP contribution in [0, 0.1) is 0 Å². The van der Waals surface area contributed by atoms with Crippen molar-refractivity contribution in [1.82, 2.24) is 15.1 Å². The number of unbranched alkanes of at least 4 members (excludes halogenated alkanes) is 1. The molecule has 9 nitrogen and oxygen atoms in total. The summed E-state index contributed by atoms with van der Waals surface area (Å²) in [5, 5.41) is 11.1. The Kier molecular flexibility index (Phi) is 6.22. The van der Waals surface area contributed by atoms with E-state index in [9.17, 15) is 19.2 Å². The standard InChI is InChI=1S/C22H28N4O5/c27-19-7-6-18(21(30)23-19)26-14-15-13-16(4-5-17(15)22(26)31)25-11-9-24(10-12-25)8-2-1-3-20(28)29/h4-5,13,18H,1-3,6-12,14H2,(H,28,29)(H,23,27,30)/t18-/m0/s1. The van der Waals surface area contributed by atoms with Crippen molar-refractivity contribution in [2.24, 2.45) is 0 Å². The van der Waals surface area contributed by atoms with Crippen LogP contribution in [0.2, 0.25) is 0 Å². The van der Waals surface area contributed by atoms with E-state index >= 15 is 0 Å². The van der Waals surface area contributed by atoms with Gasteiger partial charge in [0.25, 0.3) is 5.91 Å². The number of benzene rings is 1. The summed E-state index contributed by atoms with van der Waals surface area (Å²) in [7, 11) is 0. The Morgan fingerprint density at radius 2 is 1.87 bits per heavy atom. The van der Waals surface area contributed by atoms with Gasteiger partial charge in [0.15, 0.2) is 0 Å². The van der Waals surface area contributed by atoms with Crippen molar-refractivity contribution in [3.63, 3.8) is 0 Å². The van der Waals surface area contributed by atoms with Crippen LogP contribution < -0.4 is 10.2 Å². The Balaban J connectivity index is 1.33. The number of carbonyl (C=O) groups excluding carboxylic acids is 3. The van der Waals surface area contributed by atoms with Crippen molar-refractivity contribution in [2.75, 3.05) is 37.6 Å². The quantitative estimate of drug-likeness (QED) is 0.489. The molecule has 2 saturated heterocycles. The van der Waals surface area contributed by atoms with Crippen LogP contribution in [0.3, 0.4) is 0 Å². The summed E-state index contributed by atoms with van der Waals surface area (Å²) < 4.78 is 0. The van der Waals surface area contributed by atoms with E-state index in [4.69, 9.17) is 5.11 Å². The smallest absolute Gasteiger partial charge is 0.303 e. The number of hydrogen-bond acceptors (Lipinski definition) is 6. The summed E-state index contributed by atoms with van der Waals surface area (Å²) in [6, 6.07) is 5.26. The fraction of sp³-hybridized carbons (Fsp3) is 0.545. The number of aliphatic carboxylic acids is 1. The van der Waals surface area contributed by atoms with E-state index in [0.29, 0.717) is 24.9 Å². The molecule has 0 unspecified atom stereocenters. The lowest BCUT2D eigenvalue weighted by Crippen LogP contribution is -2.52. The van der Waals surface area contributed by atoms with Gasteiger partial charge in [-0.15, -0.1) is 0 Å². The number of nitrogens with zero attached hydrogens (tertiary/aromatic N) is 3. The van der Waals surface area contributed by atoms with Gasteiger partial charge in [0.2, 0.25) is 11.8 Å². The lowest BCUT2D eigenvalue weighted by atomic mass is 10.0.